The van der Waals surface area contributed by atoms with Crippen molar-refractivity contribution in [1.82, 2.24) is 4.98 Å². The number of aromatic nitrogens is 1. The van der Waals surface area contributed by atoms with Gasteiger partial charge in [0, 0.05) is 17.1 Å². The number of anilines is 1. The normalized spacial score (nSPS) is 10.4. The Morgan fingerprint density at radius 2 is 2.29 bits per heavy atom. The van der Waals surface area contributed by atoms with Crippen LogP contribution in [0.3, 0.4) is 0 Å². The van der Waals surface area contributed by atoms with Crippen LogP contribution in [0.4, 0.5) is 5.69 Å². The van der Waals surface area contributed by atoms with E-state index in [4.69, 9.17) is 5.73 Å². The topological polar surface area (TPSA) is 68.1 Å². The number of hydrogen-bond acceptors (Lipinski definition) is 3. The fraction of sp³-hybridized carbons (Fsp3) is 0.100. The molecule has 2 aromatic rings. The average molecular weight is 190 g/mol. The number of benzene rings is 1. The molecule has 0 bridgehead atoms. The molecule has 2 rings (SSSR count). The minimum atomic E-state index is -0.354. The number of ether oxygens (including phenoxy) is 1. The Labute approximate surface area is 80.7 Å². The van der Waals surface area contributed by atoms with Crippen molar-refractivity contribution >= 4 is 22.6 Å². The summed E-state index contributed by atoms with van der Waals surface area (Å²) in [5.74, 6) is -0.354. The van der Waals surface area contributed by atoms with Crippen molar-refractivity contribution in [3.8, 4) is 0 Å². The van der Waals surface area contributed by atoms with Gasteiger partial charge < -0.3 is 15.5 Å². The van der Waals surface area contributed by atoms with E-state index in [-0.39, 0.29) is 5.97 Å². The number of carbonyl (C=O) groups is 1. The second-order valence-electron chi connectivity index (χ2n) is 3.00. The molecule has 0 aliphatic rings. The van der Waals surface area contributed by atoms with Crippen molar-refractivity contribution in [1.29, 1.82) is 0 Å². The summed E-state index contributed by atoms with van der Waals surface area (Å²) in [5, 5.41) is 0.841. The van der Waals surface area contributed by atoms with Crippen LogP contribution in [0.25, 0.3) is 10.9 Å². The zero-order chi connectivity index (χ0) is 10.1. The van der Waals surface area contributed by atoms with Crippen LogP contribution in [0.2, 0.25) is 0 Å². The van der Waals surface area contributed by atoms with E-state index in [2.05, 4.69) is 9.72 Å². The van der Waals surface area contributed by atoms with Crippen molar-refractivity contribution < 1.29 is 9.53 Å². The Kier molecular flexibility index (Phi) is 1.89. The van der Waals surface area contributed by atoms with E-state index in [1.54, 1.807) is 24.4 Å². The van der Waals surface area contributed by atoms with Crippen LogP contribution >= 0.6 is 0 Å². The van der Waals surface area contributed by atoms with Crippen molar-refractivity contribution in [2.75, 3.05) is 12.8 Å². The lowest BCUT2D eigenvalue weighted by molar-refractivity contribution is 0.0601. The molecular formula is C10H10N2O2. The SMILES string of the molecule is COC(=O)c1ccc2[nH]cc(N)c2c1. The maximum absolute atomic E-state index is 11.2. The third kappa shape index (κ3) is 1.21. The van der Waals surface area contributed by atoms with Gasteiger partial charge in [-0.1, -0.05) is 0 Å². The number of methoxy groups -OCH3 is 1. The van der Waals surface area contributed by atoms with Gasteiger partial charge in [0.1, 0.15) is 0 Å². The van der Waals surface area contributed by atoms with E-state index in [0.29, 0.717) is 11.3 Å². The predicted octanol–water partition coefficient (Wildman–Crippen LogP) is 1.54. The number of aromatic amines is 1. The van der Waals surface area contributed by atoms with Crippen LogP contribution < -0.4 is 5.73 Å². The molecule has 0 aliphatic carbocycles. The number of fused-ring (bicyclic) bond motifs is 1. The van der Waals surface area contributed by atoms with Crippen LogP contribution in [0, 0.1) is 0 Å². The van der Waals surface area contributed by atoms with Crippen molar-refractivity contribution in [3.63, 3.8) is 0 Å². The summed E-state index contributed by atoms with van der Waals surface area (Å²) in [5.41, 5.74) is 7.75. The Morgan fingerprint density at radius 3 is 3.00 bits per heavy atom. The Bertz CT molecular complexity index is 488. The number of nitrogens with two attached hydrogens (primary N) is 1. The molecule has 0 radical (unpaired) electrons. The van der Waals surface area contributed by atoms with Gasteiger partial charge in [-0.2, -0.15) is 0 Å². The third-order valence-corrected chi connectivity index (χ3v) is 2.13. The fourth-order valence-corrected chi connectivity index (χ4v) is 1.39. The molecule has 0 saturated heterocycles. The highest BCUT2D eigenvalue weighted by Gasteiger charge is 2.07. The second-order valence-corrected chi connectivity index (χ2v) is 3.00. The van der Waals surface area contributed by atoms with Crippen LogP contribution in [0.1, 0.15) is 10.4 Å². The molecule has 14 heavy (non-hydrogen) atoms. The van der Waals surface area contributed by atoms with Gasteiger partial charge in [0.2, 0.25) is 0 Å². The largest absolute Gasteiger partial charge is 0.465 e. The van der Waals surface area contributed by atoms with Crippen LogP contribution in [0.5, 0.6) is 0 Å². The summed E-state index contributed by atoms with van der Waals surface area (Å²) in [7, 11) is 1.35. The van der Waals surface area contributed by atoms with E-state index < -0.39 is 0 Å². The summed E-state index contributed by atoms with van der Waals surface area (Å²) in [6.07, 6.45) is 1.70. The summed E-state index contributed by atoms with van der Waals surface area (Å²) in [4.78, 5) is 14.2. The zero-order valence-corrected chi connectivity index (χ0v) is 7.70. The molecule has 0 spiro atoms. The highest BCUT2D eigenvalue weighted by molar-refractivity contribution is 5.98. The van der Waals surface area contributed by atoms with Crippen molar-refractivity contribution in [2.45, 2.75) is 0 Å². The van der Waals surface area contributed by atoms with Crippen LogP contribution in [0.15, 0.2) is 24.4 Å². The molecule has 0 unspecified atom stereocenters. The smallest absolute Gasteiger partial charge is 0.337 e. The van der Waals surface area contributed by atoms with Crippen LogP contribution in [-0.2, 0) is 4.74 Å². The molecule has 0 atom stereocenters. The van der Waals surface area contributed by atoms with Crippen molar-refractivity contribution in [3.05, 3.63) is 30.0 Å². The molecule has 72 valence electrons. The lowest BCUT2D eigenvalue weighted by Crippen LogP contribution is -2.00. The monoisotopic (exact) mass is 190 g/mol. The first-order valence-electron chi connectivity index (χ1n) is 4.17. The van der Waals surface area contributed by atoms with Gasteiger partial charge in [-0.3, -0.25) is 0 Å². The molecule has 4 heteroatoms. The van der Waals surface area contributed by atoms with E-state index in [1.807, 2.05) is 0 Å². The van der Waals surface area contributed by atoms with Gasteiger partial charge in [-0.15, -0.1) is 0 Å². The molecule has 0 aliphatic heterocycles. The number of carbonyl (C=O) groups excluding carboxylic acids is 1. The van der Waals surface area contributed by atoms with Gasteiger partial charge in [0.05, 0.1) is 18.4 Å². The summed E-state index contributed by atoms with van der Waals surface area (Å²) >= 11 is 0. The minimum absolute atomic E-state index is 0.354. The van der Waals surface area contributed by atoms with E-state index in [0.717, 1.165) is 10.9 Å². The molecule has 1 aromatic heterocycles. The third-order valence-electron chi connectivity index (χ3n) is 2.13. The van der Waals surface area contributed by atoms with Crippen molar-refractivity contribution in [2.24, 2.45) is 0 Å². The average Bonchev–Trinajstić information content (AvgIpc) is 2.59. The Morgan fingerprint density at radius 1 is 1.50 bits per heavy atom. The Hall–Kier alpha value is -1.97. The second kappa shape index (κ2) is 3.06. The first kappa shape index (κ1) is 8.62. The molecule has 3 N–H and O–H groups in total. The molecule has 1 aromatic carbocycles. The predicted molar refractivity (Wildman–Crippen MR) is 54.1 cm³/mol. The van der Waals surface area contributed by atoms with Gasteiger partial charge in [-0.25, -0.2) is 4.79 Å². The highest BCUT2D eigenvalue weighted by Crippen LogP contribution is 2.21. The maximum atomic E-state index is 11.2. The van der Waals surface area contributed by atoms with E-state index in [9.17, 15) is 4.79 Å². The molecule has 0 saturated carbocycles. The van der Waals surface area contributed by atoms with Gasteiger partial charge in [0.25, 0.3) is 0 Å². The minimum Gasteiger partial charge on any atom is -0.465 e. The number of nitrogens with one attached hydrogen (secondary N) is 1. The lowest BCUT2D eigenvalue weighted by Gasteiger charge is -1.99. The van der Waals surface area contributed by atoms with Crippen LogP contribution in [-0.4, -0.2) is 18.1 Å². The zero-order valence-electron chi connectivity index (χ0n) is 7.70. The first-order valence-corrected chi connectivity index (χ1v) is 4.17. The molecule has 1 heterocycles. The molecular weight excluding hydrogens is 180 g/mol. The van der Waals surface area contributed by atoms with E-state index >= 15 is 0 Å². The number of esters is 1. The first-order chi connectivity index (χ1) is 6.72. The summed E-state index contributed by atoms with van der Waals surface area (Å²) < 4.78 is 4.61. The highest BCUT2D eigenvalue weighted by atomic mass is 16.5. The lowest BCUT2D eigenvalue weighted by atomic mass is 10.1. The summed E-state index contributed by atoms with van der Waals surface area (Å²) in [6.45, 7) is 0. The number of rotatable bonds is 1. The fourth-order valence-electron chi connectivity index (χ4n) is 1.39. The molecule has 0 amide bonds. The number of H-pyrrole nitrogens is 1. The van der Waals surface area contributed by atoms with Gasteiger partial charge >= 0.3 is 5.97 Å². The number of hydrogen-bond donors (Lipinski definition) is 2. The Balaban J connectivity index is 2.60. The molecule has 0 fully saturated rings. The quantitative estimate of drug-likeness (QED) is 0.670. The van der Waals surface area contributed by atoms with E-state index in [1.165, 1.54) is 7.11 Å². The maximum Gasteiger partial charge on any atom is 0.337 e. The van der Waals surface area contributed by atoms with Gasteiger partial charge in [-0.05, 0) is 18.2 Å². The van der Waals surface area contributed by atoms with Gasteiger partial charge in [0.15, 0.2) is 0 Å². The summed E-state index contributed by atoms with van der Waals surface area (Å²) in [6, 6.07) is 5.22. The standard InChI is InChI=1S/C10H10N2O2/c1-14-10(13)6-2-3-9-7(4-6)8(11)5-12-9/h2-5,12H,11H2,1H3. The number of nitrogen functional groups attached to an aromatic ring is 1. The molecule has 4 nitrogen and oxygen atoms in total.